The van der Waals surface area contributed by atoms with Crippen molar-refractivity contribution in [3.05, 3.63) is 0 Å². The van der Waals surface area contributed by atoms with Gasteiger partial charge in [0.1, 0.15) is 0 Å². The number of amidine groups is 1. The van der Waals surface area contributed by atoms with E-state index in [2.05, 4.69) is 10.5 Å². The number of carbonyl (C=O) groups excluding carboxylic acids is 1. The highest BCUT2D eigenvalue weighted by molar-refractivity contribution is 5.90. The molecule has 1 atom stereocenters. The second-order valence-corrected chi connectivity index (χ2v) is 6.60. The molecule has 0 aromatic carbocycles. The van der Waals surface area contributed by atoms with E-state index in [1.54, 1.807) is 0 Å². The summed E-state index contributed by atoms with van der Waals surface area (Å²) >= 11 is 0. The van der Waals surface area contributed by atoms with Gasteiger partial charge in [-0.2, -0.15) is 0 Å². The van der Waals surface area contributed by atoms with Crippen molar-refractivity contribution in [3.63, 3.8) is 0 Å². The number of nitrogens with one attached hydrogen (secondary N) is 1. The van der Waals surface area contributed by atoms with Crippen molar-refractivity contribution in [3.8, 4) is 0 Å². The predicted octanol–water partition coefficient (Wildman–Crippen LogP) is 2.77. The van der Waals surface area contributed by atoms with E-state index in [0.29, 0.717) is 5.92 Å². The van der Waals surface area contributed by atoms with Crippen molar-refractivity contribution in [2.45, 2.75) is 76.7 Å². The van der Waals surface area contributed by atoms with Crippen molar-refractivity contribution < 1.29 is 10.0 Å². The van der Waals surface area contributed by atoms with Gasteiger partial charge in [-0.15, -0.1) is 0 Å². The van der Waals surface area contributed by atoms with Crippen molar-refractivity contribution in [1.82, 2.24) is 5.32 Å². The van der Waals surface area contributed by atoms with Crippen LogP contribution in [0, 0.1) is 11.8 Å². The number of carbonyl (C=O) groups is 1. The van der Waals surface area contributed by atoms with E-state index < -0.39 is 0 Å². The molecule has 0 aliphatic heterocycles. The first kappa shape index (κ1) is 16.1. The Morgan fingerprint density at radius 3 is 2.10 bits per heavy atom. The van der Waals surface area contributed by atoms with Crippen molar-refractivity contribution in [2.75, 3.05) is 0 Å². The molecule has 0 heterocycles. The fraction of sp³-hybridized carbons (Fsp3) is 0.875. The molecule has 120 valence electrons. The maximum atomic E-state index is 12.5. The molecule has 2 aliphatic rings. The Kier molecular flexibility index (Phi) is 6.33. The summed E-state index contributed by atoms with van der Waals surface area (Å²) in [6, 6.07) is -0.300. The standard InChI is InChI=1S/C16H29N3O2/c17-15(19-21)14(12-8-6-3-7-9-12)18-16(20)13-10-4-1-2-5-11-13/h12-14,21H,1-11H2,(H2,17,19)(H,18,20). The summed E-state index contributed by atoms with van der Waals surface area (Å²) in [5.41, 5.74) is 5.84. The highest BCUT2D eigenvalue weighted by Crippen LogP contribution is 2.28. The molecular weight excluding hydrogens is 266 g/mol. The zero-order chi connectivity index (χ0) is 15.1. The summed E-state index contributed by atoms with van der Waals surface area (Å²) < 4.78 is 0. The van der Waals surface area contributed by atoms with Gasteiger partial charge in [0.05, 0.1) is 6.04 Å². The number of hydrogen-bond acceptors (Lipinski definition) is 3. The highest BCUT2D eigenvalue weighted by atomic mass is 16.4. The lowest BCUT2D eigenvalue weighted by Crippen LogP contribution is -2.51. The van der Waals surface area contributed by atoms with Gasteiger partial charge in [-0.1, -0.05) is 50.1 Å². The van der Waals surface area contributed by atoms with Crippen LogP contribution in [0.1, 0.15) is 70.6 Å². The van der Waals surface area contributed by atoms with Crippen molar-refractivity contribution in [1.29, 1.82) is 0 Å². The maximum Gasteiger partial charge on any atom is 0.223 e. The van der Waals surface area contributed by atoms with Gasteiger partial charge in [-0.25, -0.2) is 0 Å². The molecule has 5 nitrogen and oxygen atoms in total. The summed E-state index contributed by atoms with van der Waals surface area (Å²) in [7, 11) is 0. The first-order chi connectivity index (χ1) is 10.2. The molecule has 4 N–H and O–H groups in total. The molecular formula is C16H29N3O2. The predicted molar refractivity (Wildman–Crippen MR) is 83.1 cm³/mol. The van der Waals surface area contributed by atoms with Crippen LogP contribution in [0.4, 0.5) is 0 Å². The van der Waals surface area contributed by atoms with E-state index >= 15 is 0 Å². The Morgan fingerprint density at radius 1 is 1.00 bits per heavy atom. The average Bonchev–Trinajstić information content (AvgIpc) is 2.82. The van der Waals surface area contributed by atoms with Gasteiger partial charge in [-0.05, 0) is 31.6 Å². The normalized spacial score (nSPS) is 24.3. The van der Waals surface area contributed by atoms with Gasteiger partial charge in [0.15, 0.2) is 5.84 Å². The quantitative estimate of drug-likeness (QED) is 0.245. The number of oxime groups is 1. The van der Waals surface area contributed by atoms with Gasteiger partial charge in [-0.3, -0.25) is 4.79 Å². The molecule has 0 radical (unpaired) electrons. The molecule has 0 aromatic rings. The number of amides is 1. The first-order valence-electron chi connectivity index (χ1n) is 8.50. The molecule has 21 heavy (non-hydrogen) atoms. The van der Waals surface area contributed by atoms with Gasteiger partial charge in [0.2, 0.25) is 5.91 Å². The van der Waals surface area contributed by atoms with Gasteiger partial charge in [0, 0.05) is 5.92 Å². The summed E-state index contributed by atoms with van der Waals surface area (Å²) in [6.07, 6.45) is 12.3. The minimum absolute atomic E-state index is 0.0964. The second kappa shape index (κ2) is 8.25. The second-order valence-electron chi connectivity index (χ2n) is 6.60. The lowest BCUT2D eigenvalue weighted by Gasteiger charge is -2.31. The summed E-state index contributed by atoms with van der Waals surface area (Å²) in [6.45, 7) is 0. The molecule has 5 heteroatoms. The molecule has 2 aliphatic carbocycles. The third kappa shape index (κ3) is 4.61. The van der Waals surface area contributed by atoms with Crippen LogP contribution < -0.4 is 11.1 Å². The molecule has 0 saturated heterocycles. The van der Waals surface area contributed by atoms with Crippen LogP contribution in [0.15, 0.2) is 5.16 Å². The van der Waals surface area contributed by atoms with Crippen LogP contribution in [0.5, 0.6) is 0 Å². The van der Waals surface area contributed by atoms with Crippen LogP contribution >= 0.6 is 0 Å². The maximum absolute atomic E-state index is 12.5. The van der Waals surface area contributed by atoms with Crippen molar-refractivity contribution >= 4 is 11.7 Å². The molecule has 0 aromatic heterocycles. The Labute approximate surface area is 127 Å². The van der Waals surface area contributed by atoms with Crippen molar-refractivity contribution in [2.24, 2.45) is 22.7 Å². The van der Waals surface area contributed by atoms with Gasteiger partial charge >= 0.3 is 0 Å². The number of rotatable bonds is 4. The molecule has 2 saturated carbocycles. The summed E-state index contributed by atoms with van der Waals surface area (Å²) in [5, 5.41) is 15.3. The van der Waals surface area contributed by atoms with Crippen LogP contribution in [-0.4, -0.2) is 23.0 Å². The number of hydrogen-bond donors (Lipinski definition) is 3. The fourth-order valence-corrected chi connectivity index (χ4v) is 3.78. The minimum atomic E-state index is -0.300. The number of nitrogens with zero attached hydrogens (tertiary/aromatic N) is 1. The lowest BCUT2D eigenvalue weighted by atomic mass is 9.83. The van der Waals surface area contributed by atoms with Gasteiger partial charge < -0.3 is 16.3 Å². The van der Waals surface area contributed by atoms with Crippen LogP contribution in [0.2, 0.25) is 0 Å². The SMILES string of the molecule is NC(=NO)C(NC(=O)C1CCCCCC1)C1CCCCC1. The monoisotopic (exact) mass is 295 g/mol. The van der Waals surface area contributed by atoms with E-state index in [4.69, 9.17) is 10.9 Å². The summed E-state index contributed by atoms with van der Waals surface area (Å²) in [4.78, 5) is 12.5. The van der Waals surface area contributed by atoms with E-state index in [9.17, 15) is 4.79 Å². The third-order valence-corrected chi connectivity index (χ3v) is 5.08. The molecule has 2 rings (SSSR count). The van der Waals surface area contributed by atoms with E-state index in [1.165, 1.54) is 32.1 Å². The topological polar surface area (TPSA) is 87.7 Å². The van der Waals surface area contributed by atoms with Crippen LogP contribution in [0.25, 0.3) is 0 Å². The molecule has 0 spiro atoms. The smallest absolute Gasteiger partial charge is 0.223 e. The van der Waals surface area contributed by atoms with E-state index in [-0.39, 0.29) is 23.7 Å². The lowest BCUT2D eigenvalue weighted by molar-refractivity contribution is -0.126. The zero-order valence-corrected chi connectivity index (χ0v) is 12.9. The fourth-order valence-electron chi connectivity index (χ4n) is 3.78. The largest absolute Gasteiger partial charge is 0.409 e. The Hall–Kier alpha value is -1.26. The Morgan fingerprint density at radius 2 is 1.52 bits per heavy atom. The van der Waals surface area contributed by atoms with E-state index in [1.807, 2.05) is 0 Å². The number of nitrogens with two attached hydrogens (primary N) is 1. The zero-order valence-electron chi connectivity index (χ0n) is 12.9. The Bertz CT molecular complexity index is 357. The minimum Gasteiger partial charge on any atom is -0.409 e. The van der Waals surface area contributed by atoms with Crippen LogP contribution in [0.3, 0.4) is 0 Å². The third-order valence-electron chi connectivity index (χ3n) is 5.08. The first-order valence-corrected chi connectivity index (χ1v) is 8.50. The Balaban J connectivity index is 1.98. The molecule has 1 amide bonds. The van der Waals surface area contributed by atoms with Gasteiger partial charge in [0.25, 0.3) is 0 Å². The van der Waals surface area contributed by atoms with E-state index in [0.717, 1.165) is 38.5 Å². The molecule has 0 bridgehead atoms. The molecule has 1 unspecified atom stereocenters. The molecule has 2 fully saturated rings. The van der Waals surface area contributed by atoms with Crippen LogP contribution in [-0.2, 0) is 4.79 Å². The highest BCUT2D eigenvalue weighted by Gasteiger charge is 2.30. The average molecular weight is 295 g/mol. The summed E-state index contributed by atoms with van der Waals surface area (Å²) in [5.74, 6) is 0.664.